The van der Waals surface area contributed by atoms with E-state index in [1.807, 2.05) is 0 Å². The molecule has 0 aromatic carbocycles. The number of nitrogens with two attached hydrogens (primary N) is 2. The first-order valence-electron chi connectivity index (χ1n) is 5.30. The number of carboxylic acid groups (broad SMARTS) is 6. The molecule has 0 atom stereocenters. The molecule has 0 saturated heterocycles. The van der Waals surface area contributed by atoms with E-state index in [9.17, 15) is 0 Å². The second kappa shape index (κ2) is 180. The summed E-state index contributed by atoms with van der Waals surface area (Å²) in [5, 5.41) is 53.9. The van der Waals surface area contributed by atoms with E-state index in [-0.39, 0.29) is 33.0 Å². The Balaban J connectivity index is -0.0000000187. The van der Waals surface area contributed by atoms with Gasteiger partial charge in [0, 0.05) is 38.8 Å². The van der Waals surface area contributed by atoms with Gasteiger partial charge >= 0.3 is 33.0 Å². The standard InChI is InChI=1S/C4H12N2.6CH2O2.2Ni/c1-5-3-4-6-2;6*2-1-3;;/h5-6H,3-4H2,1-2H3;6*1H,(H,2,3);;/q;;;;;;;2*+2/p-4. The molecule has 26 heavy (non-hydrogen) atoms. The maximum Gasteiger partial charge on any atom is 2.00 e. The van der Waals surface area contributed by atoms with E-state index in [4.69, 9.17) is 59.4 Å². The molecule has 0 aromatic rings. The largest absolute Gasteiger partial charge is 2.00 e. The van der Waals surface area contributed by atoms with Gasteiger partial charge in [-0.3, -0.25) is 0 Å². The molecule has 0 radical (unpaired) electrons. The van der Waals surface area contributed by atoms with Crippen molar-refractivity contribution in [1.82, 2.24) is 0 Å². The molecular weight excluding hydrogens is 457 g/mol. The van der Waals surface area contributed by atoms with Crippen LogP contribution in [0.1, 0.15) is 0 Å². The Bertz CT molecular complexity index is 176. The Morgan fingerprint density at radius 2 is 0.577 bits per heavy atom. The smallest absolute Gasteiger partial charge is 0.554 e. The Morgan fingerprint density at radius 1 is 0.500 bits per heavy atom. The zero-order valence-electron chi connectivity index (χ0n) is 13.6. The van der Waals surface area contributed by atoms with Crippen LogP contribution in [0.15, 0.2) is 0 Å². The third-order valence-electron chi connectivity index (χ3n) is 0.744. The molecule has 0 unspecified atom stereocenters. The number of likely N-dealkylation sites (N-methyl/N-ethyl adjacent to an activating group) is 2. The van der Waals surface area contributed by atoms with Crippen molar-refractivity contribution in [3.63, 3.8) is 0 Å². The Hall–Kier alpha value is -2.27. The van der Waals surface area contributed by atoms with Crippen LogP contribution in [0.4, 0.5) is 0 Å². The number of hydrogen-bond donors (Lipinski definition) is 2. The zero-order chi connectivity index (χ0) is 21.1. The van der Waals surface area contributed by atoms with Crippen molar-refractivity contribution in [2.24, 2.45) is 0 Å². The first kappa shape index (κ1) is 56.5. The van der Waals surface area contributed by atoms with E-state index in [0.29, 0.717) is 0 Å². The monoisotopic (exact) mass is 476 g/mol. The molecule has 0 aliphatic carbocycles. The van der Waals surface area contributed by atoms with Crippen LogP contribution in [0.2, 0.25) is 0 Å². The summed E-state index contributed by atoms with van der Waals surface area (Å²) in [5.41, 5.74) is 0. The SMILES string of the molecule is C[NH2+]CC[NH2+]C.O=C[O-].O=C[O-].O=C[O-].O=C[O-].O=C[O-].O=C[O-].[Ni+2].[Ni+2]. The van der Waals surface area contributed by atoms with Gasteiger partial charge in [-0.1, -0.05) is 0 Å². The van der Waals surface area contributed by atoms with Crippen molar-refractivity contribution < 1.29 is 103 Å². The van der Waals surface area contributed by atoms with Crippen LogP contribution in [-0.4, -0.2) is 66.0 Å². The molecule has 0 rings (SSSR count). The number of quaternary nitrogens is 2. The summed E-state index contributed by atoms with van der Waals surface area (Å²) in [5.74, 6) is 0. The van der Waals surface area contributed by atoms with E-state index < -0.39 is 38.8 Å². The van der Waals surface area contributed by atoms with Gasteiger partial charge in [0.15, 0.2) is 0 Å². The van der Waals surface area contributed by atoms with Gasteiger partial charge in [0.25, 0.3) is 0 Å². The molecule has 14 nitrogen and oxygen atoms in total. The number of carbonyl (C=O) groups excluding carboxylic acids is 6. The van der Waals surface area contributed by atoms with Crippen molar-refractivity contribution in [3.8, 4) is 0 Å². The third-order valence-corrected chi connectivity index (χ3v) is 0.744. The minimum absolute atomic E-state index is 0. The third kappa shape index (κ3) is 17700. The molecule has 0 spiro atoms. The fourth-order valence-corrected chi connectivity index (χ4v) is 0.333. The predicted molar refractivity (Wildman–Crippen MR) is 61.8 cm³/mol. The van der Waals surface area contributed by atoms with E-state index in [2.05, 4.69) is 24.7 Å². The second-order valence-electron chi connectivity index (χ2n) is 1.97. The molecule has 0 aliphatic heterocycles. The number of hydrogen-bond acceptors (Lipinski definition) is 12. The zero-order valence-corrected chi connectivity index (χ0v) is 15.5. The molecule has 0 amide bonds. The Kier molecular flexibility index (Phi) is 391. The van der Waals surface area contributed by atoms with Gasteiger partial charge in [0.05, 0.1) is 14.1 Å². The minimum atomic E-state index is -0.500. The molecular formula is C10H20N2Ni2O12. The maximum absolute atomic E-state index is 8.25. The minimum Gasteiger partial charge on any atom is -0.554 e. The summed E-state index contributed by atoms with van der Waals surface area (Å²) in [6, 6.07) is 0. The van der Waals surface area contributed by atoms with Gasteiger partial charge < -0.3 is 70.0 Å². The summed E-state index contributed by atoms with van der Waals surface area (Å²) < 4.78 is 0. The molecule has 16 heteroatoms. The van der Waals surface area contributed by atoms with Crippen LogP contribution in [0.5, 0.6) is 0 Å². The van der Waals surface area contributed by atoms with Crippen LogP contribution >= 0.6 is 0 Å². The van der Waals surface area contributed by atoms with Gasteiger partial charge in [0.1, 0.15) is 13.1 Å². The molecule has 4 N–H and O–H groups in total. The van der Waals surface area contributed by atoms with Crippen LogP contribution in [0.3, 0.4) is 0 Å². The van der Waals surface area contributed by atoms with Gasteiger partial charge in [-0.05, 0) is 0 Å². The fourth-order valence-electron chi connectivity index (χ4n) is 0.333. The van der Waals surface area contributed by atoms with Gasteiger partial charge in [0.2, 0.25) is 0 Å². The second-order valence-corrected chi connectivity index (χ2v) is 1.97. The summed E-state index contributed by atoms with van der Waals surface area (Å²) in [6.07, 6.45) is 0. The first-order chi connectivity index (χ1) is 11.4. The average Bonchev–Trinajstić information content (AvgIpc) is 2.50. The summed E-state index contributed by atoms with van der Waals surface area (Å²) in [7, 11) is 4.17. The van der Waals surface area contributed by atoms with E-state index >= 15 is 0 Å². The molecule has 162 valence electrons. The fraction of sp³-hybridized carbons (Fsp3) is 0.400. The molecule has 0 saturated carbocycles. The van der Waals surface area contributed by atoms with Crippen molar-refractivity contribution >= 4 is 38.8 Å². The van der Waals surface area contributed by atoms with Gasteiger partial charge in [-0.25, -0.2) is 0 Å². The average molecular weight is 478 g/mol. The quantitative estimate of drug-likeness (QED) is 0.217. The summed E-state index contributed by atoms with van der Waals surface area (Å²) >= 11 is 0. The van der Waals surface area contributed by atoms with Crippen molar-refractivity contribution in [2.75, 3.05) is 27.2 Å². The topological polar surface area (TPSA) is 274 Å². The van der Waals surface area contributed by atoms with E-state index in [1.165, 1.54) is 13.1 Å². The van der Waals surface area contributed by atoms with Crippen molar-refractivity contribution in [2.45, 2.75) is 0 Å². The molecule has 0 aromatic heterocycles. The van der Waals surface area contributed by atoms with Crippen LogP contribution in [-0.2, 0) is 61.8 Å². The van der Waals surface area contributed by atoms with E-state index in [1.54, 1.807) is 0 Å². The maximum atomic E-state index is 8.25. The molecule has 0 bridgehead atoms. The summed E-state index contributed by atoms with van der Waals surface area (Å²) in [4.78, 5) is 49.5. The predicted octanol–water partition coefficient (Wildman–Crippen LogP) is -12.4. The van der Waals surface area contributed by atoms with Crippen molar-refractivity contribution in [3.05, 3.63) is 0 Å². The molecule has 0 aliphatic rings. The van der Waals surface area contributed by atoms with Crippen LogP contribution < -0.4 is 41.3 Å². The van der Waals surface area contributed by atoms with Crippen molar-refractivity contribution in [1.29, 1.82) is 0 Å². The first-order valence-corrected chi connectivity index (χ1v) is 5.30. The Morgan fingerprint density at radius 3 is 0.615 bits per heavy atom. The number of rotatable bonds is 3. The van der Waals surface area contributed by atoms with E-state index in [0.717, 1.165) is 0 Å². The summed E-state index contributed by atoms with van der Waals surface area (Å²) in [6.45, 7) is -0.535. The molecule has 0 fully saturated rings. The van der Waals surface area contributed by atoms with Crippen LogP contribution in [0, 0.1) is 0 Å². The molecule has 0 heterocycles. The van der Waals surface area contributed by atoms with Gasteiger partial charge in [-0.2, -0.15) is 0 Å². The number of carbonyl (C=O) groups is 6. The van der Waals surface area contributed by atoms with Gasteiger partial charge in [-0.15, -0.1) is 0 Å². The van der Waals surface area contributed by atoms with Crippen LogP contribution in [0.25, 0.3) is 0 Å². The normalized spacial score (nSPS) is 4.85. The Labute approximate surface area is 169 Å².